The van der Waals surface area contributed by atoms with Crippen LogP contribution in [0.1, 0.15) is 23.4 Å². The van der Waals surface area contributed by atoms with E-state index in [-0.39, 0.29) is 11.8 Å². The highest BCUT2D eigenvalue weighted by molar-refractivity contribution is 7.18. The van der Waals surface area contributed by atoms with Crippen LogP contribution >= 0.6 is 11.3 Å². The number of hydrogen-bond acceptors (Lipinski definition) is 5. The first-order chi connectivity index (χ1) is 15.1. The second kappa shape index (κ2) is 9.92. The van der Waals surface area contributed by atoms with Crippen molar-refractivity contribution in [3.63, 3.8) is 0 Å². The van der Waals surface area contributed by atoms with Crippen molar-refractivity contribution in [3.05, 3.63) is 59.1 Å². The number of carbonyl (C=O) groups excluding carboxylic acids is 2. The van der Waals surface area contributed by atoms with E-state index in [1.807, 2.05) is 52.3 Å². The van der Waals surface area contributed by atoms with E-state index in [0.29, 0.717) is 39.0 Å². The van der Waals surface area contributed by atoms with Gasteiger partial charge in [-0.25, -0.2) is 4.98 Å². The predicted octanol–water partition coefficient (Wildman–Crippen LogP) is 3.54. The number of hydrogen-bond donors (Lipinski definition) is 0. The Hall–Kier alpha value is -2.93. The smallest absolute Gasteiger partial charge is 0.227 e. The summed E-state index contributed by atoms with van der Waals surface area (Å²) in [5, 5.41) is 1.09. The molecule has 2 heterocycles. The molecule has 0 radical (unpaired) electrons. The van der Waals surface area contributed by atoms with Crippen molar-refractivity contribution in [1.29, 1.82) is 0 Å². The number of aromatic nitrogens is 1. The van der Waals surface area contributed by atoms with Crippen LogP contribution in [0.15, 0.2) is 48.5 Å². The maximum absolute atomic E-state index is 12.6. The molecule has 4 rings (SSSR count). The number of benzene rings is 2. The summed E-state index contributed by atoms with van der Waals surface area (Å²) in [6.07, 6.45) is 2.50. The molecule has 162 valence electrons. The maximum Gasteiger partial charge on any atom is 0.227 e. The number of thiazole rings is 1. The minimum Gasteiger partial charge on any atom is -0.497 e. The Kier molecular flexibility index (Phi) is 6.82. The van der Waals surface area contributed by atoms with Gasteiger partial charge < -0.3 is 14.5 Å². The van der Waals surface area contributed by atoms with E-state index < -0.39 is 0 Å². The molecule has 0 atom stereocenters. The van der Waals surface area contributed by atoms with Gasteiger partial charge in [-0.2, -0.15) is 0 Å². The third kappa shape index (κ3) is 5.41. The number of methoxy groups -OCH3 is 1. The van der Waals surface area contributed by atoms with Crippen LogP contribution in [0.2, 0.25) is 0 Å². The molecule has 0 aliphatic carbocycles. The van der Waals surface area contributed by atoms with Gasteiger partial charge in [-0.1, -0.05) is 24.3 Å². The summed E-state index contributed by atoms with van der Waals surface area (Å²) >= 11 is 1.70. The van der Waals surface area contributed by atoms with Crippen molar-refractivity contribution in [3.8, 4) is 5.75 Å². The summed E-state index contributed by atoms with van der Waals surface area (Å²) in [5.41, 5.74) is 1.97. The second-order valence-corrected chi connectivity index (χ2v) is 8.83. The minimum atomic E-state index is 0.0937. The van der Waals surface area contributed by atoms with Crippen LogP contribution in [0.3, 0.4) is 0 Å². The second-order valence-electron chi connectivity index (χ2n) is 7.72. The Balaban J connectivity index is 1.20. The van der Waals surface area contributed by atoms with E-state index in [9.17, 15) is 9.59 Å². The molecule has 1 aromatic heterocycles. The normalized spacial score (nSPS) is 14.1. The van der Waals surface area contributed by atoms with Crippen molar-refractivity contribution in [2.45, 2.75) is 25.7 Å². The third-order valence-electron chi connectivity index (χ3n) is 5.59. The zero-order chi connectivity index (χ0) is 21.6. The highest BCUT2D eigenvalue weighted by Gasteiger charge is 2.24. The first kappa shape index (κ1) is 21.3. The minimum absolute atomic E-state index is 0.0937. The Bertz CT molecular complexity index is 1020. The zero-order valence-corrected chi connectivity index (χ0v) is 18.6. The van der Waals surface area contributed by atoms with Crippen molar-refractivity contribution in [1.82, 2.24) is 14.8 Å². The van der Waals surface area contributed by atoms with Gasteiger partial charge in [0.15, 0.2) is 0 Å². The Labute approximate surface area is 186 Å². The largest absolute Gasteiger partial charge is 0.497 e. The Morgan fingerprint density at radius 3 is 2.48 bits per heavy atom. The summed E-state index contributed by atoms with van der Waals surface area (Å²) in [6.45, 7) is 2.38. The molecule has 1 aliphatic heterocycles. The number of carbonyl (C=O) groups is 2. The summed E-state index contributed by atoms with van der Waals surface area (Å²) in [5.74, 6) is 1.02. The van der Waals surface area contributed by atoms with Crippen molar-refractivity contribution < 1.29 is 14.3 Å². The summed E-state index contributed by atoms with van der Waals surface area (Å²) < 4.78 is 6.42. The van der Waals surface area contributed by atoms with Gasteiger partial charge in [-0.15, -0.1) is 11.3 Å². The number of nitrogens with zero attached hydrogens (tertiary/aromatic N) is 3. The lowest BCUT2D eigenvalue weighted by Gasteiger charge is -2.35. The first-order valence-electron chi connectivity index (χ1n) is 10.7. The fourth-order valence-electron chi connectivity index (χ4n) is 3.85. The standard InChI is InChI=1S/C24H27N3O3S/c1-30-19-7-4-6-18(16-19)17-24(29)27-14-12-26(13-15-27)23(28)11-5-10-22-25-20-8-2-3-9-21(20)31-22/h2-4,6-9,16H,5,10-15,17H2,1H3. The van der Waals surface area contributed by atoms with E-state index in [1.54, 1.807) is 18.4 Å². The van der Waals surface area contributed by atoms with Crippen LogP contribution in [0.4, 0.5) is 0 Å². The van der Waals surface area contributed by atoms with Gasteiger partial charge in [0.2, 0.25) is 11.8 Å². The average Bonchev–Trinajstić information content (AvgIpc) is 3.22. The molecule has 0 N–H and O–H groups in total. The lowest BCUT2D eigenvalue weighted by atomic mass is 10.1. The highest BCUT2D eigenvalue weighted by atomic mass is 32.1. The van der Waals surface area contributed by atoms with Crippen molar-refractivity contribution >= 4 is 33.4 Å². The Morgan fingerprint density at radius 1 is 1.00 bits per heavy atom. The summed E-state index contributed by atoms with van der Waals surface area (Å²) in [6, 6.07) is 15.7. The fourth-order valence-corrected chi connectivity index (χ4v) is 4.86. The molecule has 2 amide bonds. The quantitative estimate of drug-likeness (QED) is 0.567. The van der Waals surface area contributed by atoms with E-state index in [0.717, 1.165) is 34.7 Å². The molecule has 3 aromatic rings. The van der Waals surface area contributed by atoms with Gasteiger partial charge in [0.1, 0.15) is 5.75 Å². The number of piperazine rings is 1. The molecule has 0 spiro atoms. The lowest BCUT2D eigenvalue weighted by molar-refractivity contribution is -0.139. The average molecular weight is 438 g/mol. The van der Waals surface area contributed by atoms with Gasteiger partial charge >= 0.3 is 0 Å². The monoisotopic (exact) mass is 437 g/mol. The lowest BCUT2D eigenvalue weighted by Crippen LogP contribution is -2.51. The predicted molar refractivity (Wildman–Crippen MR) is 122 cm³/mol. The summed E-state index contributed by atoms with van der Waals surface area (Å²) in [7, 11) is 1.62. The number of fused-ring (bicyclic) bond motifs is 1. The molecular weight excluding hydrogens is 410 g/mol. The van der Waals surface area contributed by atoms with Crippen LogP contribution in [0.25, 0.3) is 10.2 Å². The molecule has 7 heteroatoms. The molecule has 0 bridgehead atoms. The molecule has 31 heavy (non-hydrogen) atoms. The molecule has 2 aromatic carbocycles. The molecule has 1 saturated heterocycles. The fraction of sp³-hybridized carbons (Fsp3) is 0.375. The molecule has 6 nitrogen and oxygen atoms in total. The van der Waals surface area contributed by atoms with Crippen molar-refractivity contribution in [2.75, 3.05) is 33.3 Å². The number of rotatable bonds is 7. The van der Waals surface area contributed by atoms with E-state index in [2.05, 4.69) is 11.1 Å². The van der Waals surface area contributed by atoms with Crippen LogP contribution in [0.5, 0.6) is 5.75 Å². The molecule has 1 aliphatic rings. The van der Waals surface area contributed by atoms with E-state index in [1.165, 1.54) is 4.70 Å². The third-order valence-corrected chi connectivity index (χ3v) is 6.69. The van der Waals surface area contributed by atoms with Gasteiger partial charge in [0, 0.05) is 32.6 Å². The van der Waals surface area contributed by atoms with Crippen LogP contribution in [0, 0.1) is 0 Å². The molecular formula is C24H27N3O3S. The van der Waals surface area contributed by atoms with Crippen LogP contribution < -0.4 is 4.74 Å². The maximum atomic E-state index is 12.6. The summed E-state index contributed by atoms with van der Waals surface area (Å²) in [4.78, 5) is 33.6. The number of aryl methyl sites for hydroxylation is 1. The zero-order valence-electron chi connectivity index (χ0n) is 17.8. The first-order valence-corrected chi connectivity index (χ1v) is 11.5. The van der Waals surface area contributed by atoms with Crippen molar-refractivity contribution in [2.24, 2.45) is 0 Å². The number of amides is 2. The number of para-hydroxylation sites is 1. The van der Waals surface area contributed by atoms with Crippen LogP contribution in [-0.4, -0.2) is 59.9 Å². The molecule has 0 saturated carbocycles. The van der Waals surface area contributed by atoms with Gasteiger partial charge in [0.25, 0.3) is 0 Å². The number of ether oxygens (including phenoxy) is 1. The van der Waals surface area contributed by atoms with E-state index in [4.69, 9.17) is 4.74 Å². The van der Waals surface area contributed by atoms with Gasteiger partial charge in [-0.3, -0.25) is 9.59 Å². The SMILES string of the molecule is COc1cccc(CC(=O)N2CCN(C(=O)CCCc3nc4ccccc4s3)CC2)c1. The highest BCUT2D eigenvalue weighted by Crippen LogP contribution is 2.23. The van der Waals surface area contributed by atoms with Gasteiger partial charge in [-0.05, 0) is 42.7 Å². The topological polar surface area (TPSA) is 62.7 Å². The molecule has 0 unspecified atom stereocenters. The van der Waals surface area contributed by atoms with E-state index >= 15 is 0 Å². The molecule has 1 fully saturated rings. The van der Waals surface area contributed by atoms with Crippen LogP contribution in [-0.2, 0) is 22.4 Å². The van der Waals surface area contributed by atoms with Gasteiger partial charge in [0.05, 0.1) is 28.8 Å². The Morgan fingerprint density at radius 2 is 1.74 bits per heavy atom.